The minimum Gasteiger partial charge on any atom is -0.313 e. The number of nitrogens with one attached hydrogen (secondary N) is 1. The van der Waals surface area contributed by atoms with Gasteiger partial charge >= 0.3 is 0 Å². The predicted octanol–water partition coefficient (Wildman–Crippen LogP) is 3.69. The van der Waals surface area contributed by atoms with Crippen molar-refractivity contribution in [3.8, 4) is 0 Å². The average Bonchev–Trinajstić information content (AvgIpc) is 2.25. The zero-order valence-corrected chi connectivity index (χ0v) is 11.4. The number of rotatable bonds is 6. The maximum atomic E-state index is 3.70. The molecule has 2 heteroatoms. The van der Waals surface area contributed by atoms with Gasteiger partial charge in [0.1, 0.15) is 0 Å². The van der Waals surface area contributed by atoms with Gasteiger partial charge in [0.25, 0.3) is 0 Å². The molecule has 15 heavy (non-hydrogen) atoms. The minimum absolute atomic E-state index is 0.804. The Morgan fingerprint density at radius 3 is 2.40 bits per heavy atom. The summed E-state index contributed by atoms with van der Waals surface area (Å²) in [4.78, 5) is 0. The smallest absolute Gasteiger partial charge is 0.00673 e. The van der Waals surface area contributed by atoms with E-state index in [4.69, 9.17) is 0 Å². The summed E-state index contributed by atoms with van der Waals surface area (Å²) >= 11 is 2.11. The average molecular weight is 229 g/mol. The summed E-state index contributed by atoms with van der Waals surface area (Å²) in [5, 5.41) is 4.50. The lowest BCUT2D eigenvalue weighted by atomic mass is 9.96. The SMILES string of the molecule is CC(C)C(C)SCCNC1CCCCC1. The van der Waals surface area contributed by atoms with Crippen molar-refractivity contribution in [2.24, 2.45) is 5.92 Å². The lowest BCUT2D eigenvalue weighted by molar-refractivity contribution is 0.381. The summed E-state index contributed by atoms with van der Waals surface area (Å²) in [5.74, 6) is 2.08. The van der Waals surface area contributed by atoms with Crippen LogP contribution in [-0.2, 0) is 0 Å². The summed E-state index contributed by atoms with van der Waals surface area (Å²) < 4.78 is 0. The Morgan fingerprint density at radius 1 is 1.13 bits per heavy atom. The molecule has 1 unspecified atom stereocenters. The molecule has 0 heterocycles. The van der Waals surface area contributed by atoms with Gasteiger partial charge in [0.05, 0.1) is 0 Å². The Hall–Kier alpha value is 0.310. The van der Waals surface area contributed by atoms with E-state index in [0.717, 1.165) is 17.2 Å². The van der Waals surface area contributed by atoms with E-state index in [9.17, 15) is 0 Å². The van der Waals surface area contributed by atoms with Gasteiger partial charge in [0, 0.05) is 23.6 Å². The monoisotopic (exact) mass is 229 g/mol. The van der Waals surface area contributed by atoms with Gasteiger partial charge in [0.15, 0.2) is 0 Å². The minimum atomic E-state index is 0.804. The van der Waals surface area contributed by atoms with Crippen molar-refractivity contribution >= 4 is 11.8 Å². The van der Waals surface area contributed by atoms with E-state index in [2.05, 4.69) is 37.8 Å². The van der Waals surface area contributed by atoms with Gasteiger partial charge in [-0.25, -0.2) is 0 Å². The Labute approximate surface area is 99.8 Å². The van der Waals surface area contributed by atoms with Gasteiger partial charge in [-0.1, -0.05) is 40.0 Å². The molecule has 0 aromatic rings. The largest absolute Gasteiger partial charge is 0.313 e. The van der Waals surface area contributed by atoms with Crippen LogP contribution in [0.1, 0.15) is 52.9 Å². The van der Waals surface area contributed by atoms with E-state index in [0.29, 0.717) is 0 Å². The summed E-state index contributed by atoms with van der Waals surface area (Å²) in [6.07, 6.45) is 7.15. The summed E-state index contributed by atoms with van der Waals surface area (Å²) in [6.45, 7) is 8.17. The summed E-state index contributed by atoms with van der Waals surface area (Å²) in [6, 6.07) is 0.828. The molecular weight excluding hydrogens is 202 g/mol. The van der Waals surface area contributed by atoms with Crippen molar-refractivity contribution in [3.05, 3.63) is 0 Å². The molecule has 0 amide bonds. The first-order chi connectivity index (χ1) is 7.20. The van der Waals surface area contributed by atoms with E-state index in [1.165, 1.54) is 44.4 Å². The number of hydrogen-bond donors (Lipinski definition) is 1. The Morgan fingerprint density at radius 2 is 1.80 bits per heavy atom. The first kappa shape index (κ1) is 13.4. The van der Waals surface area contributed by atoms with Gasteiger partial charge in [-0.3, -0.25) is 0 Å². The van der Waals surface area contributed by atoms with E-state index < -0.39 is 0 Å². The van der Waals surface area contributed by atoms with Crippen molar-refractivity contribution in [1.29, 1.82) is 0 Å². The lowest BCUT2D eigenvalue weighted by Gasteiger charge is -2.23. The molecule has 0 spiro atoms. The lowest BCUT2D eigenvalue weighted by Crippen LogP contribution is -2.32. The number of hydrogen-bond acceptors (Lipinski definition) is 2. The molecular formula is C13H27NS. The first-order valence-electron chi connectivity index (χ1n) is 6.55. The fraction of sp³-hybridized carbons (Fsp3) is 1.00. The van der Waals surface area contributed by atoms with Gasteiger partial charge in [0.2, 0.25) is 0 Å². The molecule has 1 saturated carbocycles. The molecule has 0 aromatic heterocycles. The molecule has 1 aliphatic rings. The molecule has 1 nitrogen and oxygen atoms in total. The van der Waals surface area contributed by atoms with E-state index in [1.54, 1.807) is 0 Å². The van der Waals surface area contributed by atoms with Crippen molar-refractivity contribution in [2.45, 2.75) is 64.2 Å². The molecule has 1 fully saturated rings. The molecule has 1 N–H and O–H groups in total. The van der Waals surface area contributed by atoms with E-state index in [-0.39, 0.29) is 0 Å². The fourth-order valence-electron chi connectivity index (χ4n) is 2.01. The van der Waals surface area contributed by atoms with Crippen LogP contribution in [0, 0.1) is 5.92 Å². The second kappa shape index (κ2) is 7.56. The van der Waals surface area contributed by atoms with Crippen LogP contribution in [0.25, 0.3) is 0 Å². The standard InChI is InChI=1S/C13H27NS/c1-11(2)12(3)15-10-9-14-13-7-5-4-6-8-13/h11-14H,4-10H2,1-3H3. The second-order valence-corrected chi connectivity index (χ2v) is 6.59. The Bertz CT molecular complexity index is 153. The van der Waals surface area contributed by atoms with Gasteiger partial charge < -0.3 is 5.32 Å². The van der Waals surface area contributed by atoms with Crippen LogP contribution in [0.15, 0.2) is 0 Å². The predicted molar refractivity (Wildman–Crippen MR) is 71.6 cm³/mol. The molecule has 0 radical (unpaired) electrons. The fourth-order valence-corrected chi connectivity index (χ4v) is 3.00. The molecule has 1 aliphatic carbocycles. The Balaban J connectivity index is 1.96. The van der Waals surface area contributed by atoms with Crippen molar-refractivity contribution in [3.63, 3.8) is 0 Å². The molecule has 90 valence electrons. The quantitative estimate of drug-likeness (QED) is 0.697. The van der Waals surface area contributed by atoms with Gasteiger partial charge in [-0.15, -0.1) is 0 Å². The highest BCUT2D eigenvalue weighted by Crippen LogP contribution is 2.19. The zero-order chi connectivity index (χ0) is 11.1. The van der Waals surface area contributed by atoms with Crippen LogP contribution < -0.4 is 5.32 Å². The zero-order valence-electron chi connectivity index (χ0n) is 10.6. The van der Waals surface area contributed by atoms with Crippen LogP contribution in [-0.4, -0.2) is 23.6 Å². The topological polar surface area (TPSA) is 12.0 Å². The van der Waals surface area contributed by atoms with Crippen LogP contribution in [0.4, 0.5) is 0 Å². The Kier molecular flexibility index (Phi) is 6.74. The third-order valence-corrected chi connectivity index (χ3v) is 4.97. The highest BCUT2D eigenvalue weighted by molar-refractivity contribution is 7.99. The first-order valence-corrected chi connectivity index (χ1v) is 7.60. The third kappa shape index (κ3) is 5.82. The molecule has 0 aliphatic heterocycles. The second-order valence-electron chi connectivity index (χ2n) is 5.11. The molecule has 1 rings (SSSR count). The molecule has 0 bridgehead atoms. The summed E-state index contributed by atoms with van der Waals surface area (Å²) in [7, 11) is 0. The van der Waals surface area contributed by atoms with Crippen LogP contribution in [0.3, 0.4) is 0 Å². The maximum absolute atomic E-state index is 3.70. The van der Waals surface area contributed by atoms with Gasteiger partial charge in [-0.2, -0.15) is 11.8 Å². The van der Waals surface area contributed by atoms with Crippen LogP contribution >= 0.6 is 11.8 Å². The van der Waals surface area contributed by atoms with Crippen LogP contribution in [0.5, 0.6) is 0 Å². The van der Waals surface area contributed by atoms with E-state index in [1.807, 2.05) is 0 Å². The molecule has 0 saturated heterocycles. The third-order valence-electron chi connectivity index (χ3n) is 3.46. The van der Waals surface area contributed by atoms with Crippen molar-refractivity contribution in [1.82, 2.24) is 5.32 Å². The normalized spacial score (nSPS) is 20.8. The maximum Gasteiger partial charge on any atom is 0.00673 e. The molecule has 1 atom stereocenters. The van der Waals surface area contributed by atoms with E-state index >= 15 is 0 Å². The van der Waals surface area contributed by atoms with Crippen molar-refractivity contribution in [2.75, 3.05) is 12.3 Å². The van der Waals surface area contributed by atoms with Crippen LogP contribution in [0.2, 0.25) is 0 Å². The highest BCUT2D eigenvalue weighted by Gasteiger charge is 2.12. The summed E-state index contributed by atoms with van der Waals surface area (Å²) in [5.41, 5.74) is 0. The van der Waals surface area contributed by atoms with Gasteiger partial charge in [-0.05, 0) is 18.8 Å². The van der Waals surface area contributed by atoms with Crippen molar-refractivity contribution < 1.29 is 0 Å². The highest BCUT2D eigenvalue weighted by atomic mass is 32.2. The molecule has 0 aromatic carbocycles. The number of thioether (sulfide) groups is 1.